The van der Waals surface area contributed by atoms with E-state index in [2.05, 4.69) is 263 Å². The Morgan fingerprint density at radius 2 is 0.667 bits per heavy atom. The second-order valence-corrected chi connectivity index (χ2v) is 30.0. The van der Waals surface area contributed by atoms with E-state index in [9.17, 15) is 0 Å². The van der Waals surface area contributed by atoms with Crippen molar-refractivity contribution in [2.45, 2.75) is 331 Å². The molecular formula is C79H170N8. The lowest BCUT2D eigenvalue weighted by molar-refractivity contribution is 0.0887. The Bertz CT molecular complexity index is 1620. The van der Waals surface area contributed by atoms with Gasteiger partial charge >= 0.3 is 0 Å². The molecule has 0 amide bonds. The first-order chi connectivity index (χ1) is 37.8. The summed E-state index contributed by atoms with van der Waals surface area (Å²) in [5.41, 5.74) is 4.68. The van der Waals surface area contributed by atoms with Crippen LogP contribution in [0.25, 0.3) is 0 Å². The van der Waals surface area contributed by atoms with Gasteiger partial charge in [0, 0.05) is 126 Å². The van der Waals surface area contributed by atoms with Gasteiger partial charge in [-0.25, -0.2) is 0 Å². The Morgan fingerprint density at radius 3 is 0.943 bits per heavy atom. The van der Waals surface area contributed by atoms with Crippen LogP contribution in [0.5, 0.6) is 0 Å². The first kappa shape index (κ1) is 96.6. The zero-order valence-corrected chi connectivity index (χ0v) is 59.9. The summed E-state index contributed by atoms with van der Waals surface area (Å²) in [6.45, 7) is 81.8. The van der Waals surface area contributed by atoms with Crippen LogP contribution in [0.3, 0.4) is 0 Å². The number of rotatable bonds is 14. The van der Waals surface area contributed by atoms with Gasteiger partial charge in [-0.3, -0.25) is 19.6 Å². The van der Waals surface area contributed by atoms with Crippen molar-refractivity contribution in [1.82, 2.24) is 38.9 Å². The molecule has 87 heavy (non-hydrogen) atoms. The van der Waals surface area contributed by atoms with Gasteiger partial charge in [0.05, 0.1) is 0 Å². The van der Waals surface area contributed by atoms with Crippen molar-refractivity contribution >= 4 is 0 Å². The van der Waals surface area contributed by atoms with E-state index in [4.69, 9.17) is 0 Å². The maximum atomic E-state index is 2.62. The van der Waals surface area contributed by atoms with Gasteiger partial charge in [0.2, 0.25) is 0 Å². The highest BCUT2D eigenvalue weighted by atomic mass is 15.3. The summed E-state index contributed by atoms with van der Waals surface area (Å²) in [5.74, 6) is 7.65. The molecule has 8 nitrogen and oxygen atoms in total. The van der Waals surface area contributed by atoms with Gasteiger partial charge in [0.1, 0.15) is 0 Å². The third-order valence-electron chi connectivity index (χ3n) is 19.3. The van der Waals surface area contributed by atoms with Gasteiger partial charge < -0.3 is 19.3 Å². The highest BCUT2D eigenvalue weighted by molar-refractivity contribution is 5.15. The van der Waals surface area contributed by atoms with Crippen LogP contribution in [-0.4, -0.2) is 173 Å². The second kappa shape index (κ2) is 51.0. The van der Waals surface area contributed by atoms with E-state index in [1.165, 1.54) is 123 Å². The molecular weight excluding hydrogens is 1060 g/mol. The molecule has 0 aromatic carbocycles. The minimum absolute atomic E-state index is 0. The minimum Gasteiger partial charge on any atom is -0.352 e. The van der Waals surface area contributed by atoms with Gasteiger partial charge in [0.25, 0.3) is 0 Å². The van der Waals surface area contributed by atoms with Crippen LogP contribution < -0.4 is 0 Å². The van der Waals surface area contributed by atoms with E-state index < -0.39 is 0 Å². The van der Waals surface area contributed by atoms with Crippen LogP contribution in [-0.2, 0) is 0 Å². The maximum absolute atomic E-state index is 2.62. The molecule has 2 atom stereocenters. The molecule has 0 saturated carbocycles. The maximum Gasteiger partial charge on any atom is 0.0274 e. The lowest BCUT2D eigenvalue weighted by Crippen LogP contribution is -2.50. The summed E-state index contributed by atoms with van der Waals surface area (Å²) in [7, 11) is 0. The van der Waals surface area contributed by atoms with Crippen LogP contribution in [0.15, 0.2) is 41.8 Å². The largest absolute Gasteiger partial charge is 0.352 e. The second-order valence-electron chi connectivity index (χ2n) is 30.0. The molecule has 0 aliphatic carbocycles. The van der Waals surface area contributed by atoms with Crippen LogP contribution in [0, 0.1) is 47.3 Å². The van der Waals surface area contributed by atoms with Crippen LogP contribution in [0.4, 0.5) is 0 Å². The standard InChI is InChI=1S/C11H23N.C11H21N.C11H23N.C10H22N2.C10H21N.C10H19N.C10H17N.6CH4/c2*1-9(2)11-5-7-12(8-6-11)10(3)4;1-9(2)11-6-5-7-12(8-11)10(3)4;1-9(2)11-5-7-12(8-6-11)10(3)4;3*1-8(2)10-5-6-11(7-10)9(3)4;;;;;;/h9-11H,5-8H2,1-4H3;5,9-10H,6-8H2,1-4H3;9-11H,5-8H2,1-4H3;9-10H,5-8H2,1-4H3;8-10H,5-7H2,1-4H3;5,8-9H,6-7H2,1-4H3;5-9H,1-4H3;6*1H4. The Kier molecular flexibility index (Phi) is 56.6. The number of piperazine rings is 1. The summed E-state index contributed by atoms with van der Waals surface area (Å²) < 4.78 is 2.25. The predicted molar refractivity (Wildman–Crippen MR) is 405 cm³/mol. The van der Waals surface area contributed by atoms with Gasteiger partial charge in [-0.1, -0.05) is 151 Å². The molecule has 6 aliphatic heterocycles. The topological polar surface area (TPSA) is 27.6 Å². The lowest BCUT2D eigenvalue weighted by atomic mass is 9.86. The Hall–Kier alpha value is -1.52. The molecule has 8 heteroatoms. The number of nitrogens with zero attached hydrogens (tertiary/aromatic N) is 8. The average Bonchev–Trinajstić information content (AvgIpc) is 4.33. The third-order valence-corrected chi connectivity index (χ3v) is 19.3. The SMILES string of the molecule is C.C.C.C.C.C.CC(C)C1=CCN(C(C)C)C1.CC(C)C1=CCN(C(C)C)CC1.CC(C)C1CCCN(C(C)C)C1.CC(C)C1CCN(C(C)C)C1.CC(C)C1CCN(C(C)C)CC1.CC(C)N1CCN(C(C)C)CC1.CC(C)c1ccn(C(C)C)c1. The quantitative estimate of drug-likeness (QED) is 0.171. The number of hydrogen-bond donors (Lipinski definition) is 0. The van der Waals surface area contributed by atoms with E-state index in [1.807, 2.05) is 0 Å². The van der Waals surface area contributed by atoms with Gasteiger partial charge in [-0.05, 0) is 240 Å². The molecule has 1 aromatic rings. The molecule has 6 aliphatic rings. The number of piperidine rings is 2. The Labute approximate surface area is 553 Å². The fourth-order valence-electron chi connectivity index (χ4n) is 12.0. The summed E-state index contributed by atoms with van der Waals surface area (Å²) >= 11 is 0. The van der Waals surface area contributed by atoms with Crippen molar-refractivity contribution < 1.29 is 0 Å². The molecule has 0 spiro atoms. The summed E-state index contributed by atoms with van der Waals surface area (Å²) in [5, 5.41) is 0. The fraction of sp³-hybridized carbons (Fsp3) is 0.899. The van der Waals surface area contributed by atoms with Crippen molar-refractivity contribution in [2.75, 3.05) is 91.6 Å². The van der Waals surface area contributed by atoms with E-state index in [-0.39, 0.29) is 44.6 Å². The first-order valence-corrected chi connectivity index (χ1v) is 34.5. The number of likely N-dealkylation sites (tertiary alicyclic amines) is 3. The smallest absolute Gasteiger partial charge is 0.0274 e. The van der Waals surface area contributed by atoms with E-state index in [0.29, 0.717) is 24.0 Å². The van der Waals surface area contributed by atoms with E-state index in [0.717, 1.165) is 90.6 Å². The Balaban J connectivity index is -0.000000218. The molecule has 0 bridgehead atoms. The van der Waals surface area contributed by atoms with Crippen LogP contribution >= 0.6 is 0 Å². The van der Waals surface area contributed by atoms with Crippen LogP contribution in [0.2, 0.25) is 0 Å². The lowest BCUT2D eigenvalue weighted by Gasteiger charge is -2.38. The third kappa shape index (κ3) is 38.9. The van der Waals surface area contributed by atoms with Crippen molar-refractivity contribution in [1.29, 1.82) is 0 Å². The van der Waals surface area contributed by atoms with Gasteiger partial charge in [-0.2, -0.15) is 0 Å². The molecule has 2 unspecified atom stereocenters. The van der Waals surface area contributed by atoms with Crippen molar-refractivity contribution in [3.05, 3.63) is 47.3 Å². The average molecular weight is 1230 g/mol. The van der Waals surface area contributed by atoms with Gasteiger partial charge in [-0.15, -0.1) is 0 Å². The summed E-state index contributed by atoms with van der Waals surface area (Å²) in [4.78, 5) is 17.9. The minimum atomic E-state index is 0. The zero-order chi connectivity index (χ0) is 61.8. The Morgan fingerprint density at radius 1 is 0.322 bits per heavy atom. The molecule has 7 rings (SSSR count). The number of aromatic nitrogens is 1. The van der Waals surface area contributed by atoms with E-state index >= 15 is 0 Å². The van der Waals surface area contributed by atoms with E-state index in [1.54, 1.807) is 11.1 Å². The number of hydrogen-bond acceptors (Lipinski definition) is 7. The molecule has 4 fully saturated rings. The zero-order valence-electron chi connectivity index (χ0n) is 59.9. The monoisotopic (exact) mass is 1230 g/mol. The fourth-order valence-corrected chi connectivity index (χ4v) is 12.0. The molecule has 4 saturated heterocycles. The van der Waals surface area contributed by atoms with Crippen molar-refractivity contribution in [3.8, 4) is 0 Å². The van der Waals surface area contributed by atoms with Crippen LogP contribution in [0.1, 0.15) is 294 Å². The highest BCUT2D eigenvalue weighted by Gasteiger charge is 2.27. The molecule has 7 heterocycles. The summed E-state index contributed by atoms with van der Waals surface area (Å²) in [6, 6.07) is 7.87. The first-order valence-electron chi connectivity index (χ1n) is 34.5. The molecule has 526 valence electrons. The van der Waals surface area contributed by atoms with Crippen molar-refractivity contribution in [3.63, 3.8) is 0 Å². The van der Waals surface area contributed by atoms with Gasteiger partial charge in [0.15, 0.2) is 0 Å². The molecule has 0 N–H and O–H groups in total. The highest BCUT2D eigenvalue weighted by Crippen LogP contribution is 2.28. The molecule has 1 aromatic heterocycles. The predicted octanol–water partition coefficient (Wildman–Crippen LogP) is 21.3. The summed E-state index contributed by atoms with van der Waals surface area (Å²) in [6.07, 6.45) is 17.5. The van der Waals surface area contributed by atoms with Crippen molar-refractivity contribution in [2.24, 2.45) is 47.3 Å². The molecule has 0 radical (unpaired) electrons. The normalized spacial score (nSPS) is 20.2.